The van der Waals surface area contributed by atoms with E-state index >= 15 is 0 Å². The van der Waals surface area contributed by atoms with Gasteiger partial charge in [-0.25, -0.2) is 8.78 Å². The van der Waals surface area contributed by atoms with Gasteiger partial charge >= 0.3 is 0 Å². The number of methoxy groups -OCH3 is 2. The molecule has 0 amide bonds. The molecule has 6 rings (SSSR count). The van der Waals surface area contributed by atoms with E-state index in [2.05, 4.69) is 0 Å². The second-order valence-electron chi connectivity index (χ2n) is 9.89. The highest BCUT2D eigenvalue weighted by Gasteiger charge is 2.14. The second-order valence-corrected chi connectivity index (χ2v) is 9.89. The summed E-state index contributed by atoms with van der Waals surface area (Å²) >= 11 is 0. The van der Waals surface area contributed by atoms with Crippen molar-refractivity contribution in [1.29, 1.82) is 0 Å². The van der Waals surface area contributed by atoms with Crippen molar-refractivity contribution >= 4 is 0 Å². The quantitative estimate of drug-likeness (QED) is 0.190. The molecule has 0 aromatic heterocycles. The van der Waals surface area contributed by atoms with Crippen molar-refractivity contribution in [3.8, 4) is 67.5 Å². The first-order valence-electron chi connectivity index (χ1n) is 13.8. The lowest BCUT2D eigenvalue weighted by molar-refractivity contribution is 0.404. The Hall–Kier alpha value is -5.62. The van der Waals surface area contributed by atoms with Crippen LogP contribution in [-0.4, -0.2) is 24.4 Å². The van der Waals surface area contributed by atoms with Gasteiger partial charge in [0.25, 0.3) is 0 Å². The van der Waals surface area contributed by atoms with Crippen LogP contribution in [0.25, 0.3) is 44.5 Å². The molecule has 0 unspecified atom stereocenters. The van der Waals surface area contributed by atoms with Gasteiger partial charge in [0.2, 0.25) is 0 Å². The first-order valence-corrected chi connectivity index (χ1v) is 13.8. The second kappa shape index (κ2) is 13.6. The van der Waals surface area contributed by atoms with E-state index in [9.17, 15) is 19.0 Å². The van der Waals surface area contributed by atoms with Crippen molar-refractivity contribution in [2.45, 2.75) is 0 Å². The Balaban J connectivity index is 0.000000175. The number of phenolic OH excluding ortho intramolecular Hbond substituents is 2. The van der Waals surface area contributed by atoms with E-state index in [4.69, 9.17) is 9.47 Å². The van der Waals surface area contributed by atoms with Crippen molar-refractivity contribution in [2.75, 3.05) is 14.2 Å². The molecule has 6 aromatic carbocycles. The number of phenols is 2. The van der Waals surface area contributed by atoms with Crippen molar-refractivity contribution < 1.29 is 28.5 Å². The lowest BCUT2D eigenvalue weighted by Gasteiger charge is -2.13. The summed E-state index contributed by atoms with van der Waals surface area (Å²) in [6, 6.07) is 38.7. The van der Waals surface area contributed by atoms with Gasteiger partial charge in [0.05, 0.1) is 14.2 Å². The van der Waals surface area contributed by atoms with Crippen molar-refractivity contribution in [1.82, 2.24) is 0 Å². The van der Waals surface area contributed by atoms with Gasteiger partial charge in [0.15, 0.2) is 0 Å². The molecule has 0 spiro atoms. The van der Waals surface area contributed by atoms with Crippen LogP contribution in [0.5, 0.6) is 23.0 Å². The molecule has 6 aromatic rings. The largest absolute Gasteiger partial charge is 0.508 e. The first-order chi connectivity index (χ1) is 21.4. The minimum Gasteiger partial charge on any atom is -0.508 e. The van der Waals surface area contributed by atoms with E-state index in [1.54, 1.807) is 50.6 Å². The average Bonchev–Trinajstić information content (AvgIpc) is 3.07. The number of ether oxygens (including phenoxy) is 2. The molecule has 220 valence electrons. The Morgan fingerprint density at radius 2 is 1.00 bits per heavy atom. The number of hydrogen-bond acceptors (Lipinski definition) is 4. The number of halogens is 2. The third kappa shape index (κ3) is 6.71. The van der Waals surface area contributed by atoms with Gasteiger partial charge in [-0.2, -0.15) is 0 Å². The molecule has 0 saturated heterocycles. The van der Waals surface area contributed by atoms with Crippen LogP contribution < -0.4 is 9.47 Å². The van der Waals surface area contributed by atoms with E-state index in [1.165, 1.54) is 30.3 Å². The fourth-order valence-electron chi connectivity index (χ4n) is 4.85. The third-order valence-electron chi connectivity index (χ3n) is 7.11. The molecule has 0 aliphatic carbocycles. The van der Waals surface area contributed by atoms with Crippen LogP contribution in [-0.2, 0) is 0 Å². The van der Waals surface area contributed by atoms with E-state index < -0.39 is 5.82 Å². The van der Waals surface area contributed by atoms with Crippen LogP contribution in [0.2, 0.25) is 0 Å². The topological polar surface area (TPSA) is 58.9 Å². The molecule has 0 heterocycles. The molecule has 0 aliphatic heterocycles. The Labute approximate surface area is 255 Å². The molecule has 0 atom stereocenters. The normalized spacial score (nSPS) is 10.5. The Morgan fingerprint density at radius 3 is 1.52 bits per heavy atom. The zero-order valence-electron chi connectivity index (χ0n) is 24.2. The summed E-state index contributed by atoms with van der Waals surface area (Å²) in [7, 11) is 3.16. The van der Waals surface area contributed by atoms with Gasteiger partial charge in [-0.1, -0.05) is 72.8 Å². The molecule has 0 aliphatic rings. The molecular weight excluding hydrogens is 558 g/mol. The van der Waals surface area contributed by atoms with E-state index in [0.29, 0.717) is 22.6 Å². The van der Waals surface area contributed by atoms with E-state index in [0.717, 1.165) is 22.3 Å². The number of aromatic hydroxyl groups is 2. The summed E-state index contributed by atoms with van der Waals surface area (Å²) < 4.78 is 39.1. The maximum absolute atomic E-state index is 14.4. The SMILES string of the molecule is COc1ccc(OC)c(-c2cc(-c3ccccc3)ccc2F)c1.Oc1ccc(O)c(-c2cc(-c3ccccc3)ccc2F)c1. The molecule has 6 heteroatoms. The first kappa shape index (κ1) is 29.9. The highest BCUT2D eigenvalue weighted by Crippen LogP contribution is 2.38. The van der Waals surface area contributed by atoms with Gasteiger partial charge in [-0.05, 0) is 82.9 Å². The number of hydrogen-bond donors (Lipinski definition) is 2. The number of benzene rings is 6. The summed E-state index contributed by atoms with van der Waals surface area (Å²) in [6.45, 7) is 0. The fourth-order valence-corrected chi connectivity index (χ4v) is 4.85. The average molecular weight is 589 g/mol. The highest BCUT2D eigenvalue weighted by atomic mass is 19.1. The standard InChI is InChI=1S/C20H17FO2.C18H13FO2/c1-22-16-9-11-20(23-2)18(13-16)17-12-15(8-10-19(17)21)14-6-4-3-5-7-14;19-17-8-6-13(12-4-2-1-3-5-12)10-15(17)16-11-14(20)7-9-18(16)21/h3-13H,1-2H3;1-11,20-21H. The summed E-state index contributed by atoms with van der Waals surface area (Å²) in [5.41, 5.74) is 5.47. The summed E-state index contributed by atoms with van der Waals surface area (Å²) in [5.74, 6) is 0.427. The molecular formula is C38H30F2O4. The van der Waals surface area contributed by atoms with Crippen molar-refractivity contribution in [3.05, 3.63) is 145 Å². The van der Waals surface area contributed by atoms with Crippen molar-refractivity contribution in [2.24, 2.45) is 0 Å². The monoisotopic (exact) mass is 588 g/mol. The fraction of sp³-hybridized carbons (Fsp3) is 0.0526. The van der Waals surface area contributed by atoms with Crippen molar-refractivity contribution in [3.63, 3.8) is 0 Å². The van der Waals surface area contributed by atoms with E-state index in [-0.39, 0.29) is 28.4 Å². The number of rotatable bonds is 6. The van der Waals surface area contributed by atoms with Gasteiger partial charge in [0, 0.05) is 22.3 Å². The third-order valence-corrected chi connectivity index (χ3v) is 7.11. The smallest absolute Gasteiger partial charge is 0.131 e. The van der Waals surface area contributed by atoms with Crippen LogP contribution in [0.1, 0.15) is 0 Å². The summed E-state index contributed by atoms with van der Waals surface area (Å²) in [6.07, 6.45) is 0. The zero-order valence-corrected chi connectivity index (χ0v) is 24.2. The highest BCUT2D eigenvalue weighted by molar-refractivity contribution is 5.79. The predicted molar refractivity (Wildman–Crippen MR) is 171 cm³/mol. The Kier molecular flexibility index (Phi) is 9.21. The Bertz CT molecular complexity index is 1870. The van der Waals surface area contributed by atoms with Crippen LogP contribution in [0.4, 0.5) is 8.78 Å². The molecule has 4 nitrogen and oxygen atoms in total. The molecule has 0 radical (unpaired) electrons. The van der Waals surface area contributed by atoms with Crippen LogP contribution in [0, 0.1) is 11.6 Å². The minimum absolute atomic E-state index is 0.0210. The maximum Gasteiger partial charge on any atom is 0.131 e. The zero-order chi connectivity index (χ0) is 31.1. The molecule has 2 N–H and O–H groups in total. The van der Waals surface area contributed by atoms with Gasteiger partial charge in [-0.3, -0.25) is 0 Å². The van der Waals surface area contributed by atoms with Gasteiger partial charge in [0.1, 0.15) is 34.6 Å². The van der Waals surface area contributed by atoms with Crippen LogP contribution in [0.3, 0.4) is 0 Å². The van der Waals surface area contributed by atoms with Crippen LogP contribution >= 0.6 is 0 Å². The molecule has 0 bridgehead atoms. The molecule has 0 fully saturated rings. The van der Waals surface area contributed by atoms with Gasteiger partial charge < -0.3 is 19.7 Å². The Morgan fingerprint density at radius 1 is 0.455 bits per heavy atom. The summed E-state index contributed by atoms with van der Waals surface area (Å²) in [5, 5.41) is 19.4. The lowest BCUT2D eigenvalue weighted by atomic mass is 9.98. The summed E-state index contributed by atoms with van der Waals surface area (Å²) in [4.78, 5) is 0. The maximum atomic E-state index is 14.4. The van der Waals surface area contributed by atoms with E-state index in [1.807, 2.05) is 66.7 Å². The molecule has 0 saturated carbocycles. The predicted octanol–water partition coefficient (Wildman–Crippen LogP) is 9.75. The van der Waals surface area contributed by atoms with Crippen LogP contribution in [0.15, 0.2) is 133 Å². The molecule has 44 heavy (non-hydrogen) atoms. The lowest BCUT2D eigenvalue weighted by Crippen LogP contribution is -1.93. The minimum atomic E-state index is -0.449. The van der Waals surface area contributed by atoms with Gasteiger partial charge in [-0.15, -0.1) is 0 Å².